The average Bonchev–Trinajstić information content (AvgIpc) is 3.14. The standard InChI is InChI=1S/C20H19N3O4/c1-13-3-5-14(6-4-13)17-11-18(27-23-17)20(25)22-16-9-7-15(8-10-16)21-19(24)12-26-2/h3-11H,12H2,1-2H3,(H,21,24)(H,22,25). The number of nitrogens with one attached hydrogen (secondary N) is 2. The molecule has 1 heterocycles. The van der Waals surface area contributed by atoms with Gasteiger partial charge in [0.1, 0.15) is 12.3 Å². The maximum absolute atomic E-state index is 12.3. The van der Waals surface area contributed by atoms with Crippen molar-refractivity contribution in [3.05, 3.63) is 65.9 Å². The topological polar surface area (TPSA) is 93.5 Å². The lowest BCUT2D eigenvalue weighted by atomic mass is 10.1. The number of rotatable bonds is 6. The van der Waals surface area contributed by atoms with Crippen LogP contribution in [-0.2, 0) is 9.53 Å². The number of nitrogens with zero attached hydrogens (tertiary/aromatic N) is 1. The Bertz CT molecular complexity index is 931. The highest BCUT2D eigenvalue weighted by atomic mass is 16.5. The van der Waals surface area contributed by atoms with Crippen LogP contribution in [0.2, 0.25) is 0 Å². The van der Waals surface area contributed by atoms with Crippen LogP contribution in [0.25, 0.3) is 11.3 Å². The molecule has 3 aromatic rings. The number of carbonyl (C=O) groups is 2. The quantitative estimate of drug-likeness (QED) is 0.697. The molecule has 2 N–H and O–H groups in total. The Hall–Kier alpha value is -3.45. The van der Waals surface area contributed by atoms with Crippen LogP contribution in [0.5, 0.6) is 0 Å². The molecule has 2 amide bonds. The molecule has 3 rings (SSSR count). The first-order valence-electron chi connectivity index (χ1n) is 8.29. The monoisotopic (exact) mass is 365 g/mol. The number of aromatic nitrogens is 1. The summed E-state index contributed by atoms with van der Waals surface area (Å²) in [5.41, 5.74) is 3.78. The summed E-state index contributed by atoms with van der Waals surface area (Å²) in [4.78, 5) is 23.8. The van der Waals surface area contributed by atoms with Crippen molar-refractivity contribution < 1.29 is 18.8 Å². The lowest BCUT2D eigenvalue weighted by Crippen LogP contribution is -2.17. The zero-order valence-corrected chi connectivity index (χ0v) is 15.0. The van der Waals surface area contributed by atoms with E-state index in [1.807, 2.05) is 31.2 Å². The molecule has 138 valence electrons. The van der Waals surface area contributed by atoms with Gasteiger partial charge in [-0.2, -0.15) is 0 Å². The van der Waals surface area contributed by atoms with Gasteiger partial charge in [0.05, 0.1) is 0 Å². The fourth-order valence-corrected chi connectivity index (χ4v) is 2.40. The van der Waals surface area contributed by atoms with E-state index in [4.69, 9.17) is 9.26 Å². The minimum atomic E-state index is -0.406. The van der Waals surface area contributed by atoms with Gasteiger partial charge in [0.15, 0.2) is 0 Å². The average molecular weight is 365 g/mol. The van der Waals surface area contributed by atoms with Crippen LogP contribution in [0.1, 0.15) is 16.1 Å². The molecule has 0 aliphatic carbocycles. The number of carbonyl (C=O) groups excluding carboxylic acids is 2. The predicted molar refractivity (Wildman–Crippen MR) is 102 cm³/mol. The van der Waals surface area contributed by atoms with E-state index >= 15 is 0 Å². The van der Waals surface area contributed by atoms with E-state index in [0.717, 1.165) is 11.1 Å². The van der Waals surface area contributed by atoms with Crippen molar-refractivity contribution in [3.63, 3.8) is 0 Å². The van der Waals surface area contributed by atoms with E-state index in [1.54, 1.807) is 30.3 Å². The number of benzene rings is 2. The number of ether oxygens (including phenoxy) is 1. The Labute approximate surface area is 156 Å². The van der Waals surface area contributed by atoms with Gasteiger partial charge in [-0.3, -0.25) is 9.59 Å². The molecule has 0 saturated heterocycles. The summed E-state index contributed by atoms with van der Waals surface area (Å²) in [6.07, 6.45) is 0. The fraction of sp³-hybridized carbons (Fsp3) is 0.150. The summed E-state index contributed by atoms with van der Waals surface area (Å²) in [5, 5.41) is 9.35. The smallest absolute Gasteiger partial charge is 0.294 e. The largest absolute Gasteiger partial charge is 0.375 e. The lowest BCUT2D eigenvalue weighted by Gasteiger charge is -2.06. The second kappa shape index (κ2) is 8.29. The van der Waals surface area contributed by atoms with Crippen molar-refractivity contribution in [1.29, 1.82) is 0 Å². The summed E-state index contributed by atoms with van der Waals surface area (Å²) in [6.45, 7) is 1.98. The van der Waals surface area contributed by atoms with Gasteiger partial charge in [0, 0.05) is 30.1 Å². The van der Waals surface area contributed by atoms with Crippen LogP contribution in [0.3, 0.4) is 0 Å². The van der Waals surface area contributed by atoms with E-state index in [9.17, 15) is 9.59 Å². The molecule has 0 fully saturated rings. The summed E-state index contributed by atoms with van der Waals surface area (Å²) < 4.78 is 9.91. The number of methoxy groups -OCH3 is 1. The van der Waals surface area contributed by atoms with Crippen LogP contribution < -0.4 is 10.6 Å². The fourth-order valence-electron chi connectivity index (χ4n) is 2.40. The Morgan fingerprint density at radius 2 is 1.63 bits per heavy atom. The van der Waals surface area contributed by atoms with Crippen LogP contribution in [-0.4, -0.2) is 30.7 Å². The molecule has 0 aliphatic heterocycles. The Morgan fingerprint density at radius 1 is 1.00 bits per heavy atom. The van der Waals surface area contributed by atoms with E-state index < -0.39 is 5.91 Å². The van der Waals surface area contributed by atoms with E-state index in [1.165, 1.54) is 7.11 Å². The molecule has 0 spiro atoms. The highest BCUT2D eigenvalue weighted by Crippen LogP contribution is 2.21. The molecule has 1 aromatic heterocycles. The number of hydrogen-bond acceptors (Lipinski definition) is 5. The molecule has 0 aliphatic rings. The van der Waals surface area contributed by atoms with Gasteiger partial charge in [-0.25, -0.2) is 0 Å². The van der Waals surface area contributed by atoms with Crippen molar-refractivity contribution in [2.24, 2.45) is 0 Å². The molecule has 0 atom stereocenters. The van der Waals surface area contributed by atoms with E-state index in [0.29, 0.717) is 17.1 Å². The number of hydrogen-bond donors (Lipinski definition) is 2. The van der Waals surface area contributed by atoms with Crippen LogP contribution in [0.4, 0.5) is 11.4 Å². The van der Waals surface area contributed by atoms with Crippen molar-refractivity contribution in [3.8, 4) is 11.3 Å². The Kier molecular flexibility index (Phi) is 5.63. The number of amides is 2. The summed E-state index contributed by atoms with van der Waals surface area (Å²) in [6, 6.07) is 16.1. The molecule has 7 nitrogen and oxygen atoms in total. The zero-order chi connectivity index (χ0) is 19.2. The second-order valence-corrected chi connectivity index (χ2v) is 5.96. The molecule has 7 heteroatoms. The van der Waals surface area contributed by atoms with Gasteiger partial charge in [0.2, 0.25) is 11.7 Å². The molecule has 0 bridgehead atoms. The molecule has 2 aromatic carbocycles. The highest BCUT2D eigenvalue weighted by Gasteiger charge is 2.14. The number of aryl methyl sites for hydroxylation is 1. The van der Waals surface area contributed by atoms with Gasteiger partial charge < -0.3 is 19.9 Å². The van der Waals surface area contributed by atoms with Crippen LogP contribution in [0.15, 0.2) is 59.1 Å². The third-order valence-corrected chi connectivity index (χ3v) is 3.78. The minimum absolute atomic E-state index is 0.0205. The first-order valence-corrected chi connectivity index (χ1v) is 8.29. The Balaban J connectivity index is 1.63. The minimum Gasteiger partial charge on any atom is -0.375 e. The maximum Gasteiger partial charge on any atom is 0.294 e. The maximum atomic E-state index is 12.3. The second-order valence-electron chi connectivity index (χ2n) is 5.96. The van der Waals surface area contributed by atoms with Gasteiger partial charge in [-0.1, -0.05) is 35.0 Å². The normalized spacial score (nSPS) is 10.4. The third-order valence-electron chi connectivity index (χ3n) is 3.78. The molecular weight excluding hydrogens is 346 g/mol. The first kappa shape index (κ1) is 18.3. The summed E-state index contributed by atoms with van der Waals surface area (Å²) in [7, 11) is 1.45. The lowest BCUT2D eigenvalue weighted by molar-refractivity contribution is -0.119. The van der Waals surface area contributed by atoms with E-state index in [2.05, 4.69) is 15.8 Å². The molecular formula is C20H19N3O4. The zero-order valence-electron chi connectivity index (χ0n) is 15.0. The Morgan fingerprint density at radius 3 is 2.26 bits per heavy atom. The molecule has 0 unspecified atom stereocenters. The van der Waals surface area contributed by atoms with Gasteiger partial charge >= 0.3 is 0 Å². The van der Waals surface area contributed by atoms with Gasteiger partial charge in [-0.15, -0.1) is 0 Å². The predicted octanol–water partition coefficient (Wildman–Crippen LogP) is 3.49. The third kappa shape index (κ3) is 4.80. The van der Waals surface area contributed by atoms with Crippen molar-refractivity contribution in [2.45, 2.75) is 6.92 Å². The van der Waals surface area contributed by atoms with Crippen LogP contribution in [0, 0.1) is 6.92 Å². The van der Waals surface area contributed by atoms with Gasteiger partial charge in [0.25, 0.3) is 5.91 Å². The SMILES string of the molecule is COCC(=O)Nc1ccc(NC(=O)c2cc(-c3ccc(C)cc3)no2)cc1. The number of anilines is 2. The molecule has 27 heavy (non-hydrogen) atoms. The highest BCUT2D eigenvalue weighted by molar-refractivity contribution is 6.03. The van der Waals surface area contributed by atoms with E-state index in [-0.39, 0.29) is 18.3 Å². The van der Waals surface area contributed by atoms with Crippen molar-refractivity contribution >= 4 is 23.2 Å². The van der Waals surface area contributed by atoms with Crippen molar-refractivity contribution in [2.75, 3.05) is 24.4 Å². The van der Waals surface area contributed by atoms with Crippen LogP contribution >= 0.6 is 0 Å². The van der Waals surface area contributed by atoms with Gasteiger partial charge in [-0.05, 0) is 31.2 Å². The molecule has 0 radical (unpaired) electrons. The summed E-state index contributed by atoms with van der Waals surface area (Å²) in [5.74, 6) is -0.542. The molecule has 0 saturated carbocycles. The summed E-state index contributed by atoms with van der Waals surface area (Å²) >= 11 is 0. The van der Waals surface area contributed by atoms with Crippen molar-refractivity contribution in [1.82, 2.24) is 5.16 Å². The first-order chi connectivity index (χ1) is 13.0.